The summed E-state index contributed by atoms with van der Waals surface area (Å²) in [5.74, 6) is 1.02. The predicted molar refractivity (Wildman–Crippen MR) is 104 cm³/mol. The first-order valence-corrected chi connectivity index (χ1v) is 10.8. The molecule has 0 saturated carbocycles. The van der Waals surface area contributed by atoms with Gasteiger partial charge >= 0.3 is 0 Å². The highest BCUT2D eigenvalue weighted by molar-refractivity contribution is 8.03. The fourth-order valence-corrected chi connectivity index (χ4v) is 5.29. The quantitative estimate of drug-likeness (QED) is 0.633. The van der Waals surface area contributed by atoms with Gasteiger partial charge in [-0.3, -0.25) is 4.79 Å². The van der Waals surface area contributed by atoms with E-state index >= 15 is 0 Å². The van der Waals surface area contributed by atoms with E-state index in [1.54, 1.807) is 23.1 Å². The first-order chi connectivity index (χ1) is 11.6. The fourth-order valence-electron chi connectivity index (χ4n) is 2.22. The molecular formula is C17H23N3OS3. The number of hydrogen-bond donors (Lipinski definition) is 1. The van der Waals surface area contributed by atoms with Gasteiger partial charge in [0, 0.05) is 0 Å². The van der Waals surface area contributed by atoms with Crippen molar-refractivity contribution in [2.24, 2.45) is 0 Å². The third-order valence-corrected chi connectivity index (χ3v) is 6.52. The van der Waals surface area contributed by atoms with Crippen molar-refractivity contribution >= 4 is 40.8 Å². The Balaban J connectivity index is 1.95. The van der Waals surface area contributed by atoms with Crippen molar-refractivity contribution in [2.75, 3.05) is 5.75 Å². The van der Waals surface area contributed by atoms with Crippen molar-refractivity contribution in [2.45, 2.75) is 53.6 Å². The van der Waals surface area contributed by atoms with Gasteiger partial charge in [0.2, 0.25) is 5.91 Å². The van der Waals surface area contributed by atoms with Crippen LogP contribution in [0.2, 0.25) is 0 Å². The van der Waals surface area contributed by atoms with Gasteiger partial charge in [0.1, 0.15) is 0 Å². The smallest absolute Gasteiger partial charge is 0.233 e. The highest BCUT2D eigenvalue weighted by atomic mass is 32.2. The molecule has 2 atom stereocenters. The highest BCUT2D eigenvalue weighted by Crippen LogP contribution is 2.31. The number of aromatic nitrogens is 2. The Morgan fingerprint density at radius 3 is 2.58 bits per heavy atom. The van der Waals surface area contributed by atoms with Gasteiger partial charge in [0.15, 0.2) is 8.68 Å². The highest BCUT2D eigenvalue weighted by Gasteiger charge is 2.21. The van der Waals surface area contributed by atoms with Crippen molar-refractivity contribution in [3.8, 4) is 0 Å². The summed E-state index contributed by atoms with van der Waals surface area (Å²) in [6.07, 6.45) is 1.96. The molecule has 0 fully saturated rings. The predicted octanol–water partition coefficient (Wildman–Crippen LogP) is 4.79. The fraction of sp³-hybridized carbons (Fsp3) is 0.471. The minimum absolute atomic E-state index is 0.0437. The van der Waals surface area contributed by atoms with Crippen LogP contribution in [-0.2, 0) is 4.79 Å². The van der Waals surface area contributed by atoms with Crippen molar-refractivity contribution in [1.29, 1.82) is 0 Å². The normalized spacial score (nSPS) is 13.5. The second-order valence-electron chi connectivity index (χ2n) is 5.29. The van der Waals surface area contributed by atoms with E-state index in [1.807, 2.05) is 25.1 Å². The molecule has 2 rings (SSSR count). The Labute approximate surface area is 156 Å². The lowest BCUT2D eigenvalue weighted by atomic mass is 10.0. The van der Waals surface area contributed by atoms with Gasteiger partial charge in [-0.25, -0.2) is 0 Å². The maximum atomic E-state index is 12.6. The van der Waals surface area contributed by atoms with Crippen LogP contribution < -0.4 is 5.32 Å². The van der Waals surface area contributed by atoms with E-state index < -0.39 is 0 Å². The SMILES string of the molecule is CCC[C@@H](NC(=O)[C@H](C)Sc1nnc(SCC)s1)c1ccccc1. The van der Waals surface area contributed by atoms with Crippen LogP contribution >= 0.6 is 34.9 Å². The van der Waals surface area contributed by atoms with Gasteiger partial charge in [-0.1, -0.05) is 85.5 Å². The van der Waals surface area contributed by atoms with Crippen LogP contribution in [0.1, 0.15) is 45.2 Å². The van der Waals surface area contributed by atoms with Crippen LogP contribution in [0.5, 0.6) is 0 Å². The van der Waals surface area contributed by atoms with Crippen LogP contribution in [0.4, 0.5) is 0 Å². The summed E-state index contributed by atoms with van der Waals surface area (Å²) in [5.41, 5.74) is 1.16. The van der Waals surface area contributed by atoms with Gasteiger partial charge in [-0.05, 0) is 24.7 Å². The zero-order chi connectivity index (χ0) is 17.4. The summed E-state index contributed by atoms with van der Waals surface area (Å²) < 4.78 is 1.81. The number of carbonyl (C=O) groups is 1. The van der Waals surface area contributed by atoms with Crippen LogP contribution in [-0.4, -0.2) is 27.1 Å². The standard InChI is InChI=1S/C17H23N3OS3/c1-4-9-14(13-10-7-6-8-11-13)18-15(21)12(3)23-17-20-19-16(24-17)22-5-2/h6-8,10-12,14H,4-5,9H2,1-3H3,(H,18,21)/t12-,14+/m0/s1. The number of nitrogens with one attached hydrogen (secondary N) is 1. The Hall–Kier alpha value is -1.05. The van der Waals surface area contributed by atoms with Crippen molar-refractivity contribution in [1.82, 2.24) is 15.5 Å². The average Bonchev–Trinajstić information content (AvgIpc) is 3.02. The van der Waals surface area contributed by atoms with Gasteiger partial charge in [0.25, 0.3) is 0 Å². The summed E-state index contributed by atoms with van der Waals surface area (Å²) in [5, 5.41) is 11.3. The van der Waals surface area contributed by atoms with E-state index in [-0.39, 0.29) is 17.2 Å². The Morgan fingerprint density at radius 1 is 1.21 bits per heavy atom. The number of carbonyl (C=O) groups excluding carboxylic acids is 1. The molecule has 1 heterocycles. The molecule has 0 radical (unpaired) electrons. The van der Waals surface area contributed by atoms with Gasteiger partial charge < -0.3 is 5.32 Å². The maximum Gasteiger partial charge on any atom is 0.233 e. The molecule has 0 unspecified atom stereocenters. The molecule has 0 aliphatic heterocycles. The first kappa shape index (κ1) is 19.3. The average molecular weight is 382 g/mol. The lowest BCUT2D eigenvalue weighted by Crippen LogP contribution is -2.34. The Morgan fingerprint density at radius 2 is 1.92 bits per heavy atom. The molecule has 130 valence electrons. The molecule has 1 N–H and O–H groups in total. The molecule has 7 heteroatoms. The molecule has 0 aliphatic rings. The van der Waals surface area contributed by atoms with E-state index in [0.717, 1.165) is 32.8 Å². The molecule has 1 aromatic heterocycles. The van der Waals surface area contributed by atoms with Crippen molar-refractivity contribution < 1.29 is 4.79 Å². The van der Waals surface area contributed by atoms with Crippen molar-refractivity contribution in [3.05, 3.63) is 35.9 Å². The van der Waals surface area contributed by atoms with E-state index in [9.17, 15) is 4.79 Å². The van der Waals surface area contributed by atoms with E-state index in [1.165, 1.54) is 11.8 Å². The lowest BCUT2D eigenvalue weighted by Gasteiger charge is -2.20. The van der Waals surface area contributed by atoms with Crippen LogP contribution in [0.15, 0.2) is 39.0 Å². The van der Waals surface area contributed by atoms with Crippen LogP contribution in [0, 0.1) is 0 Å². The second-order valence-corrected chi connectivity index (χ2v) is 9.36. The number of hydrogen-bond acceptors (Lipinski definition) is 6. The third-order valence-electron chi connectivity index (χ3n) is 3.40. The number of amides is 1. The van der Waals surface area contributed by atoms with Crippen LogP contribution in [0.25, 0.3) is 0 Å². The summed E-state index contributed by atoms with van der Waals surface area (Å²) in [6, 6.07) is 10.2. The minimum atomic E-state index is -0.194. The molecule has 24 heavy (non-hydrogen) atoms. The molecule has 4 nitrogen and oxygen atoms in total. The molecule has 0 saturated heterocycles. The largest absolute Gasteiger partial charge is 0.348 e. The number of nitrogens with zero attached hydrogens (tertiary/aromatic N) is 2. The zero-order valence-corrected chi connectivity index (χ0v) is 16.6. The van der Waals surface area contributed by atoms with Crippen LogP contribution in [0.3, 0.4) is 0 Å². The third kappa shape index (κ3) is 5.79. The first-order valence-electron chi connectivity index (χ1n) is 8.12. The Kier molecular flexibility index (Phi) is 8.08. The van der Waals surface area contributed by atoms with E-state index in [0.29, 0.717) is 0 Å². The molecule has 1 amide bonds. The van der Waals surface area contributed by atoms with Gasteiger partial charge in [0.05, 0.1) is 11.3 Å². The summed E-state index contributed by atoms with van der Waals surface area (Å²) >= 11 is 4.70. The number of benzene rings is 1. The second kappa shape index (κ2) is 10.1. The van der Waals surface area contributed by atoms with Gasteiger partial charge in [-0.2, -0.15) is 0 Å². The summed E-state index contributed by atoms with van der Waals surface area (Å²) in [7, 11) is 0. The van der Waals surface area contributed by atoms with E-state index in [4.69, 9.17) is 0 Å². The van der Waals surface area contributed by atoms with Crippen molar-refractivity contribution in [3.63, 3.8) is 0 Å². The maximum absolute atomic E-state index is 12.6. The molecule has 0 spiro atoms. The van der Waals surface area contributed by atoms with E-state index in [2.05, 4.69) is 41.5 Å². The zero-order valence-electron chi connectivity index (χ0n) is 14.2. The molecule has 0 bridgehead atoms. The minimum Gasteiger partial charge on any atom is -0.348 e. The number of rotatable bonds is 9. The summed E-state index contributed by atoms with van der Waals surface area (Å²) in [4.78, 5) is 12.6. The Bertz CT molecular complexity index is 633. The topological polar surface area (TPSA) is 54.9 Å². The molecular weight excluding hydrogens is 358 g/mol. The summed E-state index contributed by atoms with van der Waals surface area (Å²) in [6.45, 7) is 6.14. The molecule has 1 aromatic carbocycles. The molecule has 2 aromatic rings. The number of thioether (sulfide) groups is 2. The lowest BCUT2D eigenvalue weighted by molar-refractivity contribution is -0.121. The molecule has 0 aliphatic carbocycles. The van der Waals surface area contributed by atoms with Gasteiger partial charge in [-0.15, -0.1) is 10.2 Å². The monoisotopic (exact) mass is 381 g/mol.